The number of benzene rings is 3. The van der Waals surface area contributed by atoms with Gasteiger partial charge >= 0.3 is 0 Å². The highest BCUT2D eigenvalue weighted by Gasteiger charge is 2.24. The average Bonchev–Trinajstić information content (AvgIpc) is 3.07. The fourth-order valence-corrected chi connectivity index (χ4v) is 3.69. The summed E-state index contributed by atoms with van der Waals surface area (Å²) in [7, 11) is 0. The standard InChI is InChI=1S/C21H21NO/c23-21-11-10-17-8-4-5-9-19(17)20(21)15-22-13-12-18(14-22)16-6-2-1-3-7-16/h1-11,18,23H,12-15H2/t18-/m0/s1. The van der Waals surface area contributed by atoms with Crippen LogP contribution in [0.5, 0.6) is 5.75 Å². The first-order valence-electron chi connectivity index (χ1n) is 8.28. The van der Waals surface area contributed by atoms with Crippen molar-refractivity contribution < 1.29 is 5.11 Å². The Balaban J connectivity index is 1.57. The van der Waals surface area contributed by atoms with Crippen molar-refractivity contribution in [3.05, 3.63) is 77.9 Å². The first-order valence-corrected chi connectivity index (χ1v) is 8.28. The van der Waals surface area contributed by atoms with Crippen molar-refractivity contribution >= 4 is 10.8 Å². The summed E-state index contributed by atoms with van der Waals surface area (Å²) in [5.74, 6) is 1.01. The van der Waals surface area contributed by atoms with Crippen LogP contribution in [0.3, 0.4) is 0 Å². The number of hydrogen-bond donors (Lipinski definition) is 1. The summed E-state index contributed by atoms with van der Waals surface area (Å²) in [4.78, 5) is 2.46. The Morgan fingerprint density at radius 2 is 1.70 bits per heavy atom. The van der Waals surface area contributed by atoms with Gasteiger partial charge in [-0.3, -0.25) is 4.90 Å². The zero-order chi connectivity index (χ0) is 15.6. The molecule has 1 fully saturated rings. The van der Waals surface area contributed by atoms with Gasteiger partial charge in [-0.25, -0.2) is 0 Å². The molecular formula is C21H21NO. The third-order valence-electron chi connectivity index (χ3n) is 4.94. The van der Waals surface area contributed by atoms with Crippen LogP contribution in [0.1, 0.15) is 23.5 Å². The predicted molar refractivity (Wildman–Crippen MR) is 94.7 cm³/mol. The summed E-state index contributed by atoms with van der Waals surface area (Å²) in [6.45, 7) is 2.96. The maximum atomic E-state index is 10.3. The number of rotatable bonds is 3. The summed E-state index contributed by atoms with van der Waals surface area (Å²) in [5, 5.41) is 12.7. The van der Waals surface area contributed by atoms with Gasteiger partial charge in [0.05, 0.1) is 0 Å². The molecule has 0 aliphatic carbocycles. The van der Waals surface area contributed by atoms with E-state index in [0.717, 1.165) is 30.6 Å². The highest BCUT2D eigenvalue weighted by molar-refractivity contribution is 5.87. The quantitative estimate of drug-likeness (QED) is 0.768. The lowest BCUT2D eigenvalue weighted by Gasteiger charge is -2.18. The molecule has 116 valence electrons. The third-order valence-corrected chi connectivity index (χ3v) is 4.94. The number of aromatic hydroxyl groups is 1. The van der Waals surface area contributed by atoms with Crippen molar-refractivity contribution in [2.45, 2.75) is 18.9 Å². The van der Waals surface area contributed by atoms with Crippen LogP contribution in [0.2, 0.25) is 0 Å². The van der Waals surface area contributed by atoms with Crippen molar-refractivity contribution in [1.29, 1.82) is 0 Å². The molecule has 1 aliphatic heterocycles. The molecule has 3 aromatic rings. The van der Waals surface area contributed by atoms with Gasteiger partial charge in [-0.05, 0) is 41.3 Å². The van der Waals surface area contributed by atoms with Crippen LogP contribution in [-0.2, 0) is 6.54 Å². The van der Waals surface area contributed by atoms with Crippen molar-refractivity contribution in [3.63, 3.8) is 0 Å². The Hall–Kier alpha value is -2.32. The van der Waals surface area contributed by atoms with Crippen LogP contribution in [0.15, 0.2) is 66.7 Å². The van der Waals surface area contributed by atoms with E-state index in [1.807, 2.05) is 24.3 Å². The van der Waals surface area contributed by atoms with E-state index in [1.54, 1.807) is 0 Å². The Bertz CT molecular complexity index is 812. The largest absolute Gasteiger partial charge is 0.508 e. The lowest BCUT2D eigenvalue weighted by atomic mass is 9.99. The van der Waals surface area contributed by atoms with Crippen LogP contribution < -0.4 is 0 Å². The van der Waals surface area contributed by atoms with Crippen LogP contribution in [0, 0.1) is 0 Å². The van der Waals surface area contributed by atoms with Gasteiger partial charge in [0.15, 0.2) is 0 Å². The Labute approximate surface area is 137 Å². The average molecular weight is 303 g/mol. The van der Waals surface area contributed by atoms with Gasteiger partial charge in [-0.1, -0.05) is 60.7 Å². The second-order valence-corrected chi connectivity index (χ2v) is 6.42. The molecule has 2 heteroatoms. The predicted octanol–water partition coefficient (Wildman–Crippen LogP) is 4.53. The number of hydrogen-bond acceptors (Lipinski definition) is 2. The lowest BCUT2D eigenvalue weighted by Crippen LogP contribution is -2.20. The number of fused-ring (bicyclic) bond motifs is 1. The molecule has 0 saturated carbocycles. The summed E-state index contributed by atoms with van der Waals surface area (Å²) in [5.41, 5.74) is 2.48. The van der Waals surface area contributed by atoms with Crippen LogP contribution in [0.4, 0.5) is 0 Å². The molecule has 0 aromatic heterocycles. The first-order chi connectivity index (χ1) is 11.3. The van der Waals surface area contributed by atoms with E-state index in [9.17, 15) is 5.11 Å². The van der Waals surface area contributed by atoms with Crippen LogP contribution in [-0.4, -0.2) is 23.1 Å². The van der Waals surface area contributed by atoms with E-state index >= 15 is 0 Å². The molecule has 0 bridgehead atoms. The van der Waals surface area contributed by atoms with Gasteiger partial charge in [-0.15, -0.1) is 0 Å². The fraction of sp³-hybridized carbons (Fsp3) is 0.238. The minimum Gasteiger partial charge on any atom is -0.508 e. The molecule has 3 aromatic carbocycles. The van der Waals surface area contributed by atoms with E-state index < -0.39 is 0 Å². The molecule has 4 rings (SSSR count). The second kappa shape index (κ2) is 6.05. The zero-order valence-corrected chi connectivity index (χ0v) is 13.2. The van der Waals surface area contributed by atoms with E-state index in [1.165, 1.54) is 17.4 Å². The number of phenols is 1. The SMILES string of the molecule is Oc1ccc2ccccc2c1CN1CC[C@H](c2ccccc2)C1. The van der Waals surface area contributed by atoms with Gasteiger partial charge in [0, 0.05) is 18.7 Å². The molecule has 1 atom stereocenters. The maximum absolute atomic E-state index is 10.3. The molecule has 0 unspecified atom stereocenters. The van der Waals surface area contributed by atoms with Gasteiger partial charge < -0.3 is 5.11 Å². The zero-order valence-electron chi connectivity index (χ0n) is 13.2. The highest BCUT2D eigenvalue weighted by Crippen LogP contribution is 2.32. The van der Waals surface area contributed by atoms with Gasteiger partial charge in [0.1, 0.15) is 5.75 Å². The fourth-order valence-electron chi connectivity index (χ4n) is 3.69. The Morgan fingerprint density at radius 3 is 2.57 bits per heavy atom. The molecule has 1 heterocycles. The topological polar surface area (TPSA) is 23.5 Å². The Kier molecular flexibility index (Phi) is 3.76. The summed E-state index contributed by atoms with van der Waals surface area (Å²) in [6, 6.07) is 22.9. The molecular weight excluding hydrogens is 282 g/mol. The Morgan fingerprint density at radius 1 is 0.913 bits per heavy atom. The molecule has 2 nitrogen and oxygen atoms in total. The maximum Gasteiger partial charge on any atom is 0.120 e. The first kappa shape index (κ1) is 14.3. The number of likely N-dealkylation sites (tertiary alicyclic amines) is 1. The van der Waals surface area contributed by atoms with Crippen molar-refractivity contribution in [2.75, 3.05) is 13.1 Å². The minimum absolute atomic E-state index is 0.409. The number of phenolic OH excluding ortho intramolecular Hbond substituents is 1. The normalized spacial score (nSPS) is 18.5. The smallest absolute Gasteiger partial charge is 0.120 e. The molecule has 1 N–H and O–H groups in total. The minimum atomic E-state index is 0.409. The van der Waals surface area contributed by atoms with Crippen molar-refractivity contribution in [2.24, 2.45) is 0 Å². The van der Waals surface area contributed by atoms with Crippen LogP contribution >= 0.6 is 0 Å². The molecule has 0 radical (unpaired) electrons. The molecule has 0 amide bonds. The van der Waals surface area contributed by atoms with Crippen molar-refractivity contribution in [1.82, 2.24) is 4.90 Å². The summed E-state index contributed by atoms with van der Waals surface area (Å²) < 4.78 is 0. The van der Waals surface area contributed by atoms with E-state index in [-0.39, 0.29) is 0 Å². The van der Waals surface area contributed by atoms with Gasteiger partial charge in [0.2, 0.25) is 0 Å². The monoisotopic (exact) mass is 303 g/mol. The summed E-state index contributed by atoms with van der Waals surface area (Å²) in [6.07, 6.45) is 1.19. The van der Waals surface area contributed by atoms with E-state index in [0.29, 0.717) is 11.7 Å². The molecule has 0 spiro atoms. The number of nitrogens with zero attached hydrogens (tertiary/aromatic N) is 1. The van der Waals surface area contributed by atoms with E-state index in [2.05, 4.69) is 47.4 Å². The third kappa shape index (κ3) is 2.82. The van der Waals surface area contributed by atoms with Gasteiger partial charge in [0.25, 0.3) is 0 Å². The molecule has 23 heavy (non-hydrogen) atoms. The van der Waals surface area contributed by atoms with Crippen molar-refractivity contribution in [3.8, 4) is 5.75 Å². The molecule has 1 aliphatic rings. The van der Waals surface area contributed by atoms with Crippen LogP contribution in [0.25, 0.3) is 10.8 Å². The second-order valence-electron chi connectivity index (χ2n) is 6.42. The molecule has 1 saturated heterocycles. The summed E-state index contributed by atoms with van der Waals surface area (Å²) >= 11 is 0. The highest BCUT2D eigenvalue weighted by atomic mass is 16.3. The lowest BCUT2D eigenvalue weighted by molar-refractivity contribution is 0.321. The van der Waals surface area contributed by atoms with E-state index in [4.69, 9.17) is 0 Å². The van der Waals surface area contributed by atoms with Gasteiger partial charge in [-0.2, -0.15) is 0 Å².